The van der Waals surface area contributed by atoms with Gasteiger partial charge in [0.1, 0.15) is 34.3 Å². The molecule has 0 saturated heterocycles. The number of allylic oxidation sites excluding steroid dienone is 1. The van der Waals surface area contributed by atoms with Gasteiger partial charge in [0.05, 0.1) is 33.9 Å². The molecule has 0 bridgehead atoms. The molecule has 2 aliphatic rings. The molecule has 2 atom stereocenters. The Morgan fingerprint density at radius 3 is 2.29 bits per heavy atom. The van der Waals surface area contributed by atoms with Crippen LogP contribution in [-0.4, -0.2) is 45.2 Å². The molecule has 0 N–H and O–H groups in total. The summed E-state index contributed by atoms with van der Waals surface area (Å²) >= 11 is 0. The molecule has 2 aromatic carbocycles. The molecule has 0 aliphatic carbocycles. The number of esters is 2. The van der Waals surface area contributed by atoms with Crippen LogP contribution in [0.15, 0.2) is 30.3 Å². The first kappa shape index (κ1) is 27.2. The molecule has 0 spiro atoms. The van der Waals surface area contributed by atoms with Crippen LogP contribution in [0.1, 0.15) is 84.8 Å². The second-order valence-corrected chi connectivity index (χ2v) is 9.60. The lowest BCUT2D eigenvalue weighted by Crippen LogP contribution is -2.24. The third-order valence-electron chi connectivity index (χ3n) is 6.94. The highest BCUT2D eigenvalue weighted by atomic mass is 16.5. The van der Waals surface area contributed by atoms with Crippen LogP contribution in [0.4, 0.5) is 0 Å². The average Bonchev–Trinajstić information content (AvgIpc) is 2.90. The molecule has 0 saturated carbocycles. The largest absolute Gasteiger partial charge is 0.497 e. The summed E-state index contributed by atoms with van der Waals surface area (Å²) < 4.78 is 28.3. The Bertz CT molecular complexity index is 1220. The minimum atomic E-state index is -0.529. The Hall–Kier alpha value is -3.81. The van der Waals surface area contributed by atoms with Crippen molar-refractivity contribution in [2.45, 2.75) is 63.9 Å². The highest BCUT2D eigenvalue weighted by Gasteiger charge is 2.36. The molecule has 0 unspecified atom stereocenters. The predicted molar refractivity (Wildman–Crippen MR) is 141 cm³/mol. The Morgan fingerprint density at radius 1 is 0.895 bits per heavy atom. The zero-order valence-corrected chi connectivity index (χ0v) is 22.3. The lowest BCUT2D eigenvalue weighted by atomic mass is 9.83. The SMILES string of the molecule is COc1cc(OC)cc([C@H]2CC(=O)Oc3cc4c(c(OC)c32)C(=O)O[C@@H](C)CCCC(=O)CCCC=C4)c1. The van der Waals surface area contributed by atoms with E-state index in [2.05, 4.69) is 0 Å². The minimum absolute atomic E-state index is 0.0494. The van der Waals surface area contributed by atoms with Gasteiger partial charge in [0.2, 0.25) is 0 Å². The van der Waals surface area contributed by atoms with Crippen molar-refractivity contribution in [3.05, 3.63) is 52.6 Å². The van der Waals surface area contributed by atoms with Crippen molar-refractivity contribution in [2.75, 3.05) is 21.3 Å². The Morgan fingerprint density at radius 2 is 1.61 bits per heavy atom. The normalized spacial score (nSPS) is 20.4. The number of fused-ring (bicyclic) bond motifs is 2. The van der Waals surface area contributed by atoms with E-state index in [-0.39, 0.29) is 23.9 Å². The number of benzene rings is 2. The van der Waals surface area contributed by atoms with Crippen LogP contribution in [0.3, 0.4) is 0 Å². The van der Waals surface area contributed by atoms with Crippen LogP contribution in [0, 0.1) is 0 Å². The number of hydrogen-bond acceptors (Lipinski definition) is 8. The molecule has 8 nitrogen and oxygen atoms in total. The van der Waals surface area contributed by atoms with Gasteiger partial charge in [0.15, 0.2) is 0 Å². The zero-order valence-electron chi connectivity index (χ0n) is 22.3. The van der Waals surface area contributed by atoms with E-state index >= 15 is 0 Å². The van der Waals surface area contributed by atoms with Crippen molar-refractivity contribution < 1.29 is 38.1 Å². The molecule has 0 aromatic heterocycles. The van der Waals surface area contributed by atoms with E-state index in [1.807, 2.05) is 25.1 Å². The summed E-state index contributed by atoms with van der Waals surface area (Å²) in [6.07, 6.45) is 7.01. The monoisotopic (exact) mass is 522 g/mol. The van der Waals surface area contributed by atoms with Crippen molar-refractivity contribution in [3.63, 3.8) is 0 Å². The first-order valence-corrected chi connectivity index (χ1v) is 12.9. The Kier molecular flexibility index (Phi) is 8.71. The van der Waals surface area contributed by atoms with E-state index in [1.54, 1.807) is 32.4 Å². The molecule has 0 amide bonds. The fourth-order valence-electron chi connectivity index (χ4n) is 5.03. The maximum absolute atomic E-state index is 13.6. The van der Waals surface area contributed by atoms with Crippen LogP contribution >= 0.6 is 0 Å². The summed E-state index contributed by atoms with van der Waals surface area (Å²) in [6.45, 7) is 1.82. The Labute approximate surface area is 222 Å². The second-order valence-electron chi connectivity index (χ2n) is 9.60. The van der Waals surface area contributed by atoms with Gasteiger partial charge in [-0.3, -0.25) is 9.59 Å². The first-order valence-electron chi connectivity index (χ1n) is 12.9. The molecule has 38 heavy (non-hydrogen) atoms. The Balaban J connectivity index is 1.88. The molecule has 4 rings (SSSR count). The van der Waals surface area contributed by atoms with Gasteiger partial charge >= 0.3 is 11.9 Å². The number of methoxy groups -OCH3 is 3. The highest BCUT2D eigenvalue weighted by molar-refractivity contribution is 5.99. The number of cyclic esters (lactones) is 1. The van der Waals surface area contributed by atoms with Crippen molar-refractivity contribution in [3.8, 4) is 23.0 Å². The van der Waals surface area contributed by atoms with Crippen molar-refractivity contribution >= 4 is 23.8 Å². The third kappa shape index (κ3) is 6.01. The second kappa shape index (κ2) is 12.2. The van der Waals surface area contributed by atoms with Gasteiger partial charge in [0.25, 0.3) is 0 Å². The molecule has 2 aromatic rings. The van der Waals surface area contributed by atoms with Crippen molar-refractivity contribution in [1.29, 1.82) is 0 Å². The molecule has 202 valence electrons. The number of carbonyl (C=O) groups is 3. The summed E-state index contributed by atoms with van der Waals surface area (Å²) in [6, 6.07) is 7.11. The van der Waals surface area contributed by atoms with Crippen LogP contribution in [0.2, 0.25) is 0 Å². The number of rotatable bonds is 4. The third-order valence-corrected chi connectivity index (χ3v) is 6.94. The van der Waals surface area contributed by atoms with Crippen molar-refractivity contribution in [1.82, 2.24) is 0 Å². The molecule has 2 aliphatic heterocycles. The van der Waals surface area contributed by atoms with E-state index in [0.717, 1.165) is 12.0 Å². The smallest absolute Gasteiger partial charge is 0.342 e. The number of carbonyl (C=O) groups excluding carboxylic acids is 3. The van der Waals surface area contributed by atoms with Gasteiger partial charge in [-0.05, 0) is 61.9 Å². The standard InChI is InChI=1S/C30H34O8/c1-18-9-8-12-21(31)11-7-5-6-10-19-15-25-28(29(36-4)27(19)30(33)37-18)24(17-26(32)38-25)20-13-22(34-2)16-23(14-20)35-3/h6,10,13-16,18,24H,5,7-9,11-12,17H2,1-4H3/t18-,24+/m0/s1. The molecular formula is C30H34O8. The first-order chi connectivity index (χ1) is 18.3. The van der Waals surface area contributed by atoms with E-state index in [4.69, 9.17) is 23.7 Å². The number of hydrogen-bond donors (Lipinski definition) is 0. The maximum Gasteiger partial charge on any atom is 0.342 e. The van der Waals surface area contributed by atoms with Gasteiger partial charge in [-0.15, -0.1) is 0 Å². The van der Waals surface area contributed by atoms with E-state index in [0.29, 0.717) is 66.2 Å². The van der Waals surface area contributed by atoms with Gasteiger partial charge in [0, 0.05) is 30.4 Å². The lowest BCUT2D eigenvalue weighted by Gasteiger charge is -2.29. The summed E-state index contributed by atoms with van der Waals surface area (Å²) in [4.78, 5) is 38.4. The number of ether oxygens (including phenoxy) is 5. The summed E-state index contributed by atoms with van der Waals surface area (Å²) in [5, 5.41) is 0. The van der Waals surface area contributed by atoms with Gasteiger partial charge in [-0.2, -0.15) is 0 Å². The van der Waals surface area contributed by atoms with E-state index < -0.39 is 17.9 Å². The summed E-state index contributed by atoms with van der Waals surface area (Å²) in [7, 11) is 4.61. The molecule has 0 fully saturated rings. The topological polar surface area (TPSA) is 97.4 Å². The summed E-state index contributed by atoms with van der Waals surface area (Å²) in [5.74, 6) is 0.607. The van der Waals surface area contributed by atoms with E-state index in [1.165, 1.54) is 7.11 Å². The average molecular weight is 523 g/mol. The zero-order chi connectivity index (χ0) is 27.2. The van der Waals surface area contributed by atoms with Crippen LogP contribution in [0.25, 0.3) is 6.08 Å². The van der Waals surface area contributed by atoms with Crippen molar-refractivity contribution in [2.24, 2.45) is 0 Å². The summed E-state index contributed by atoms with van der Waals surface area (Å²) in [5.41, 5.74) is 2.16. The highest BCUT2D eigenvalue weighted by Crippen LogP contribution is 2.48. The quantitative estimate of drug-likeness (QED) is 0.376. The number of Topliss-reactive ketones (excluding diaryl/α,β-unsaturated/α-hetero) is 1. The minimum Gasteiger partial charge on any atom is -0.497 e. The van der Waals surface area contributed by atoms with Crippen LogP contribution in [-0.2, 0) is 14.3 Å². The van der Waals surface area contributed by atoms with Gasteiger partial charge in [-0.1, -0.05) is 12.2 Å². The van der Waals surface area contributed by atoms with Crippen LogP contribution in [0.5, 0.6) is 23.0 Å². The predicted octanol–water partition coefficient (Wildman–Crippen LogP) is 5.64. The van der Waals surface area contributed by atoms with E-state index in [9.17, 15) is 14.4 Å². The molecular weight excluding hydrogens is 488 g/mol. The lowest BCUT2D eigenvalue weighted by molar-refractivity contribution is -0.135. The number of ketones is 1. The fraction of sp³-hybridized carbons (Fsp3) is 0.433. The molecule has 0 radical (unpaired) electrons. The van der Waals surface area contributed by atoms with Crippen LogP contribution < -0.4 is 18.9 Å². The van der Waals surface area contributed by atoms with Gasteiger partial charge in [-0.25, -0.2) is 4.79 Å². The molecule has 2 heterocycles. The molecule has 8 heteroatoms. The van der Waals surface area contributed by atoms with Gasteiger partial charge < -0.3 is 23.7 Å². The maximum atomic E-state index is 13.6. The fourth-order valence-corrected chi connectivity index (χ4v) is 5.03.